The van der Waals surface area contributed by atoms with E-state index in [2.05, 4.69) is 92.3 Å². The molecule has 8 rings (SSSR count). The van der Waals surface area contributed by atoms with E-state index in [9.17, 15) is 0 Å². The summed E-state index contributed by atoms with van der Waals surface area (Å²) in [6.45, 7) is 4.83. The Labute approximate surface area is 302 Å². The molecule has 0 N–H and O–H groups in total. The first-order chi connectivity index (χ1) is 22.8. The molecule has 18 heteroatoms. The minimum atomic E-state index is -0.323. The Bertz CT molecular complexity index is 2070. The number of azide groups is 1. The van der Waals surface area contributed by atoms with E-state index in [1.54, 1.807) is 22.5 Å². The first-order valence-corrected chi connectivity index (χ1v) is 15.7. The van der Waals surface area contributed by atoms with Gasteiger partial charge in [-0.15, -0.1) is 21.8 Å². The molecular formula is C30H32ClN16Na. The Morgan fingerprint density at radius 3 is 1.62 bits per heavy atom. The number of alkyl halides is 1. The number of pyridine rings is 2. The van der Waals surface area contributed by atoms with Crippen LogP contribution < -0.4 is 29.6 Å². The fourth-order valence-corrected chi connectivity index (χ4v) is 5.32. The van der Waals surface area contributed by atoms with Gasteiger partial charge in [-0.1, -0.05) is 34.6 Å². The maximum Gasteiger partial charge on any atom is 1.00 e. The van der Waals surface area contributed by atoms with Gasteiger partial charge in [0.25, 0.3) is 0 Å². The fraction of sp³-hybridized carbons (Fsp3) is 0.400. The van der Waals surface area contributed by atoms with E-state index in [0.29, 0.717) is 18.8 Å². The van der Waals surface area contributed by atoms with Gasteiger partial charge in [-0.3, -0.25) is 4.91 Å². The van der Waals surface area contributed by atoms with Crippen molar-refractivity contribution in [1.82, 2.24) is 48.8 Å². The topological polar surface area (TPSA) is 203 Å². The Hall–Kier alpha value is -4.43. The number of aromatic nitrogens is 10. The molecule has 2 saturated carbocycles. The molecule has 0 bridgehead atoms. The van der Waals surface area contributed by atoms with E-state index < -0.39 is 0 Å². The SMILES string of the molecule is CC(Cl)c1cn(Cc2cn3cc(C4CC4)ccc3n2)nn1.CC(N=[N+]=[N-])c1cn(Cc2cn3cc(C4CC4)ccc3n2)nn1.[N-]=[N+]=[N-].[Na+]. The summed E-state index contributed by atoms with van der Waals surface area (Å²) in [5, 5.41) is 19.8. The second-order valence-electron chi connectivity index (χ2n) is 11.7. The molecule has 2 aliphatic rings. The van der Waals surface area contributed by atoms with Crippen LogP contribution in [0.3, 0.4) is 0 Å². The van der Waals surface area contributed by atoms with E-state index in [-0.39, 0.29) is 41.0 Å². The summed E-state index contributed by atoms with van der Waals surface area (Å²) in [5.41, 5.74) is 30.0. The van der Waals surface area contributed by atoms with Gasteiger partial charge in [0.15, 0.2) is 0 Å². The molecule has 6 aromatic rings. The maximum absolute atomic E-state index is 8.48. The van der Waals surface area contributed by atoms with Crippen LogP contribution in [0, 0.1) is 0 Å². The number of rotatable bonds is 9. The van der Waals surface area contributed by atoms with Crippen molar-refractivity contribution >= 4 is 22.9 Å². The zero-order valence-corrected chi connectivity index (χ0v) is 29.6. The van der Waals surface area contributed by atoms with Crippen LogP contribution in [-0.2, 0) is 13.1 Å². The summed E-state index contributed by atoms with van der Waals surface area (Å²) < 4.78 is 7.66. The van der Waals surface area contributed by atoms with Gasteiger partial charge < -0.3 is 19.9 Å². The van der Waals surface area contributed by atoms with Crippen molar-refractivity contribution < 1.29 is 29.6 Å². The monoisotopic (exact) mass is 674 g/mol. The number of imidazole rings is 2. The van der Waals surface area contributed by atoms with Crippen LogP contribution in [0.15, 0.2) is 66.6 Å². The normalized spacial score (nSPS) is 14.8. The molecule has 240 valence electrons. The summed E-state index contributed by atoms with van der Waals surface area (Å²) >= 11 is 6.00. The average molecular weight is 675 g/mol. The second kappa shape index (κ2) is 15.6. The van der Waals surface area contributed by atoms with Crippen molar-refractivity contribution in [2.75, 3.05) is 0 Å². The Balaban J connectivity index is 0.000000171. The van der Waals surface area contributed by atoms with E-state index in [1.807, 2.05) is 19.3 Å². The largest absolute Gasteiger partial charge is 1.00 e. The summed E-state index contributed by atoms with van der Waals surface area (Å²) in [4.78, 5) is 13.5. The predicted octanol–water partition coefficient (Wildman–Crippen LogP) is 4.24. The van der Waals surface area contributed by atoms with Gasteiger partial charge in [-0.05, 0) is 73.2 Å². The van der Waals surface area contributed by atoms with Gasteiger partial charge in [0.1, 0.15) is 17.0 Å². The van der Waals surface area contributed by atoms with Crippen molar-refractivity contribution in [2.45, 2.75) is 75.9 Å². The fourth-order valence-electron chi connectivity index (χ4n) is 5.22. The van der Waals surface area contributed by atoms with Gasteiger partial charge in [-0.2, -0.15) is 0 Å². The van der Waals surface area contributed by atoms with Crippen LogP contribution in [0.5, 0.6) is 0 Å². The number of hydrogen-bond acceptors (Lipinski definition) is 7. The molecule has 2 unspecified atom stereocenters. The predicted molar refractivity (Wildman–Crippen MR) is 174 cm³/mol. The standard InChI is InChI=1S/C15H16ClN5.C15H16N8.N3.Na/c1-10(16)14-9-21(19-18-14)8-13-7-20-6-12(11-2-3-11)4-5-15(20)17-13;1-10(18-20-16)14-9-23(21-19-14)8-13-7-22-6-12(11-2-3-11)4-5-15(22)17-13;1-3-2;/h4-7,9-11H,2-3,8H2,1H3;4-7,9-11H,2-3,8H2,1H3;;/q;;-1;+1. The van der Waals surface area contributed by atoms with Gasteiger partial charge in [0, 0.05) is 35.9 Å². The van der Waals surface area contributed by atoms with Gasteiger partial charge in [-0.25, -0.2) is 19.3 Å². The minimum Gasteiger partial charge on any atom is -0.373 e. The zero-order chi connectivity index (χ0) is 32.9. The smallest absolute Gasteiger partial charge is 0.373 e. The molecule has 6 heterocycles. The maximum atomic E-state index is 8.48. The number of halogens is 1. The van der Waals surface area contributed by atoms with Gasteiger partial charge in [0.2, 0.25) is 0 Å². The molecule has 6 aromatic heterocycles. The van der Waals surface area contributed by atoms with E-state index in [4.69, 9.17) is 28.2 Å². The van der Waals surface area contributed by atoms with Crippen molar-refractivity contribution in [3.63, 3.8) is 0 Å². The molecular weight excluding hydrogens is 643 g/mol. The molecule has 0 saturated heterocycles. The van der Waals surface area contributed by atoms with Gasteiger partial charge >= 0.3 is 29.6 Å². The molecule has 2 aliphatic carbocycles. The third-order valence-corrected chi connectivity index (χ3v) is 8.19. The second-order valence-corrected chi connectivity index (χ2v) is 12.4. The molecule has 0 aromatic carbocycles. The third kappa shape index (κ3) is 8.72. The summed E-state index contributed by atoms with van der Waals surface area (Å²) in [7, 11) is 0. The molecule has 2 atom stereocenters. The molecule has 2 fully saturated rings. The quantitative estimate of drug-likeness (QED) is 0.0720. The number of nitrogens with zero attached hydrogens (tertiary/aromatic N) is 16. The van der Waals surface area contributed by atoms with Crippen LogP contribution in [0.4, 0.5) is 0 Å². The summed E-state index contributed by atoms with van der Waals surface area (Å²) in [5.74, 6) is 1.48. The number of hydrogen-bond donors (Lipinski definition) is 0. The summed E-state index contributed by atoms with van der Waals surface area (Å²) in [6.07, 6.45) is 17.3. The van der Waals surface area contributed by atoms with Crippen LogP contribution in [-0.4, -0.2) is 48.8 Å². The molecule has 16 nitrogen and oxygen atoms in total. The van der Waals surface area contributed by atoms with E-state index in [0.717, 1.165) is 40.2 Å². The van der Waals surface area contributed by atoms with Crippen molar-refractivity contribution in [1.29, 1.82) is 0 Å². The van der Waals surface area contributed by atoms with Crippen molar-refractivity contribution in [3.8, 4) is 0 Å². The first-order valence-electron chi connectivity index (χ1n) is 15.2. The van der Waals surface area contributed by atoms with Crippen LogP contribution in [0.2, 0.25) is 0 Å². The molecule has 0 aliphatic heterocycles. The summed E-state index contributed by atoms with van der Waals surface area (Å²) in [6, 6.07) is 8.18. The first kappa shape index (κ1) is 34.9. The molecule has 0 radical (unpaired) electrons. The van der Waals surface area contributed by atoms with Crippen molar-refractivity contribution in [2.24, 2.45) is 5.11 Å². The van der Waals surface area contributed by atoms with E-state index >= 15 is 0 Å². The Kier molecular flexibility index (Phi) is 11.4. The molecule has 48 heavy (non-hydrogen) atoms. The minimum absolute atomic E-state index is 0. The average Bonchev–Trinajstić information content (AvgIpc) is 3.89. The van der Waals surface area contributed by atoms with Crippen LogP contribution >= 0.6 is 11.6 Å². The Morgan fingerprint density at radius 2 is 1.21 bits per heavy atom. The zero-order valence-electron chi connectivity index (χ0n) is 26.9. The van der Waals surface area contributed by atoms with Crippen LogP contribution in [0.1, 0.15) is 96.7 Å². The van der Waals surface area contributed by atoms with Gasteiger partial charge in [0.05, 0.1) is 47.8 Å². The molecule has 0 spiro atoms. The van der Waals surface area contributed by atoms with Crippen molar-refractivity contribution in [3.05, 3.63) is 122 Å². The third-order valence-electron chi connectivity index (χ3n) is 7.97. The Morgan fingerprint density at radius 1 is 0.750 bits per heavy atom. The van der Waals surface area contributed by atoms with E-state index in [1.165, 1.54) is 41.7 Å². The van der Waals surface area contributed by atoms with Crippen LogP contribution in [0.25, 0.3) is 37.7 Å². The molecule has 0 amide bonds. The number of fused-ring (bicyclic) bond motifs is 2.